The fourth-order valence-electron chi connectivity index (χ4n) is 1.45. The summed E-state index contributed by atoms with van der Waals surface area (Å²) in [6.45, 7) is 0.126. The molecule has 0 amide bonds. The van der Waals surface area contributed by atoms with Gasteiger partial charge < -0.3 is 0 Å². The quantitative estimate of drug-likeness (QED) is 0.838. The van der Waals surface area contributed by atoms with Crippen LogP contribution in [-0.2, 0) is 16.6 Å². The Labute approximate surface area is 127 Å². The Morgan fingerprint density at radius 3 is 2.74 bits per heavy atom. The van der Waals surface area contributed by atoms with E-state index in [1.165, 1.54) is 17.7 Å². The van der Waals surface area contributed by atoms with Crippen LogP contribution in [0.1, 0.15) is 5.82 Å². The Balaban J connectivity index is 2.33. The molecule has 1 aromatic carbocycles. The molecule has 0 radical (unpaired) electrons. The minimum Gasteiger partial charge on any atom is -0.262 e. The van der Waals surface area contributed by atoms with Gasteiger partial charge in [0.15, 0.2) is 0 Å². The van der Waals surface area contributed by atoms with Crippen molar-refractivity contribution in [2.45, 2.75) is 11.4 Å². The second-order valence-corrected chi connectivity index (χ2v) is 7.55. The van der Waals surface area contributed by atoms with Crippen molar-refractivity contribution >= 4 is 41.9 Å². The van der Waals surface area contributed by atoms with Crippen LogP contribution in [0.25, 0.3) is 0 Å². The number of rotatable bonds is 4. The van der Waals surface area contributed by atoms with E-state index in [1.807, 2.05) is 0 Å². The monoisotopic (exact) mass is 408 g/mol. The highest BCUT2D eigenvalue weighted by atomic mass is 79.9. The van der Waals surface area contributed by atoms with Crippen LogP contribution in [0.2, 0.25) is 0 Å². The first kappa shape index (κ1) is 14.6. The number of nitrogens with zero attached hydrogens (tertiary/aromatic N) is 3. The third kappa shape index (κ3) is 3.22. The maximum Gasteiger partial charge on any atom is 0.244 e. The van der Waals surface area contributed by atoms with Crippen molar-refractivity contribution in [1.29, 1.82) is 0 Å². The molecule has 102 valence electrons. The van der Waals surface area contributed by atoms with E-state index in [0.717, 1.165) is 0 Å². The smallest absolute Gasteiger partial charge is 0.244 e. The Morgan fingerprint density at radius 1 is 1.37 bits per heavy atom. The van der Waals surface area contributed by atoms with E-state index < -0.39 is 10.0 Å². The molecule has 19 heavy (non-hydrogen) atoms. The van der Waals surface area contributed by atoms with Gasteiger partial charge in [-0.2, -0.15) is 9.40 Å². The van der Waals surface area contributed by atoms with Gasteiger partial charge >= 0.3 is 0 Å². The van der Waals surface area contributed by atoms with Gasteiger partial charge in [-0.05, 0) is 34.1 Å². The summed E-state index contributed by atoms with van der Waals surface area (Å²) < 4.78 is 27.3. The number of aromatic nitrogens is 3. The van der Waals surface area contributed by atoms with Crippen LogP contribution < -0.4 is 0 Å². The van der Waals surface area contributed by atoms with Gasteiger partial charge in [0.2, 0.25) is 10.0 Å². The lowest BCUT2D eigenvalue weighted by molar-refractivity contribution is 0.457. The molecule has 0 fully saturated rings. The van der Waals surface area contributed by atoms with E-state index in [4.69, 9.17) is 0 Å². The van der Waals surface area contributed by atoms with Gasteiger partial charge in [0.05, 0.1) is 11.4 Å². The molecule has 0 atom stereocenters. The highest BCUT2D eigenvalue weighted by molar-refractivity contribution is 9.11. The van der Waals surface area contributed by atoms with E-state index in [9.17, 15) is 8.42 Å². The van der Waals surface area contributed by atoms with Crippen LogP contribution in [0.15, 0.2) is 38.4 Å². The van der Waals surface area contributed by atoms with Gasteiger partial charge in [-0.15, -0.1) is 0 Å². The fourth-order valence-corrected chi connectivity index (χ4v) is 4.04. The van der Waals surface area contributed by atoms with Crippen LogP contribution in [-0.4, -0.2) is 35.0 Å². The highest BCUT2D eigenvalue weighted by Crippen LogP contribution is 2.28. The number of benzene rings is 1. The van der Waals surface area contributed by atoms with Crippen molar-refractivity contribution in [2.75, 3.05) is 7.05 Å². The lowest BCUT2D eigenvalue weighted by Gasteiger charge is -2.17. The third-order valence-corrected chi connectivity index (χ3v) is 5.71. The summed E-state index contributed by atoms with van der Waals surface area (Å²) in [7, 11) is -2.11. The van der Waals surface area contributed by atoms with Crippen molar-refractivity contribution < 1.29 is 8.42 Å². The first-order valence-corrected chi connectivity index (χ1v) is 8.19. The number of nitrogens with one attached hydrogen (secondary N) is 1. The van der Waals surface area contributed by atoms with Crippen LogP contribution >= 0.6 is 31.9 Å². The minimum atomic E-state index is -3.60. The van der Waals surface area contributed by atoms with Crippen molar-refractivity contribution in [2.24, 2.45) is 0 Å². The van der Waals surface area contributed by atoms with E-state index in [2.05, 4.69) is 47.0 Å². The molecule has 1 N–H and O–H groups in total. The fraction of sp³-hybridized carbons (Fsp3) is 0.200. The molecule has 6 nitrogen and oxygen atoms in total. The molecule has 0 aliphatic rings. The molecule has 0 spiro atoms. The van der Waals surface area contributed by atoms with Gasteiger partial charge in [0.25, 0.3) is 0 Å². The predicted molar refractivity (Wildman–Crippen MR) is 76.9 cm³/mol. The van der Waals surface area contributed by atoms with E-state index in [0.29, 0.717) is 14.8 Å². The minimum absolute atomic E-state index is 0.126. The molecule has 1 heterocycles. The molecule has 0 bridgehead atoms. The molecular weight excluding hydrogens is 400 g/mol. The Bertz CT molecular complexity index is 673. The second kappa shape index (κ2) is 5.70. The summed E-state index contributed by atoms with van der Waals surface area (Å²) >= 11 is 6.52. The largest absolute Gasteiger partial charge is 0.262 e. The normalized spacial score (nSPS) is 12.0. The summed E-state index contributed by atoms with van der Waals surface area (Å²) in [6, 6.07) is 5.00. The highest BCUT2D eigenvalue weighted by Gasteiger charge is 2.24. The molecule has 1 aromatic heterocycles. The second-order valence-electron chi connectivity index (χ2n) is 3.77. The maximum atomic E-state index is 12.4. The van der Waals surface area contributed by atoms with Gasteiger partial charge in [-0.25, -0.2) is 13.4 Å². The molecule has 0 unspecified atom stereocenters. The number of halogens is 2. The van der Waals surface area contributed by atoms with Gasteiger partial charge in [-0.1, -0.05) is 15.9 Å². The zero-order chi connectivity index (χ0) is 14.0. The summed E-state index contributed by atoms with van der Waals surface area (Å²) in [5.74, 6) is 0.484. The average Bonchev–Trinajstić information content (AvgIpc) is 2.85. The average molecular weight is 410 g/mol. The Hall–Kier alpha value is -0.770. The molecular formula is C10H10Br2N4O2S. The van der Waals surface area contributed by atoms with Crippen molar-refractivity contribution in [1.82, 2.24) is 19.5 Å². The van der Waals surface area contributed by atoms with Crippen molar-refractivity contribution in [3.63, 3.8) is 0 Å². The first-order valence-electron chi connectivity index (χ1n) is 5.17. The maximum absolute atomic E-state index is 12.4. The number of sulfonamides is 1. The lowest BCUT2D eigenvalue weighted by Crippen LogP contribution is -2.27. The standard InChI is InChI=1S/C10H10Br2N4O2S/c1-16(5-10-13-6-14-15-10)19(17,18)9-4-7(11)2-3-8(9)12/h2-4,6H,5H2,1H3,(H,13,14,15). The molecule has 2 rings (SSSR count). The number of aromatic amines is 1. The summed E-state index contributed by atoms with van der Waals surface area (Å²) in [4.78, 5) is 4.11. The number of hydrogen-bond acceptors (Lipinski definition) is 4. The predicted octanol–water partition coefficient (Wildman–Crippen LogP) is 2.15. The molecule has 0 aliphatic heterocycles. The van der Waals surface area contributed by atoms with E-state index >= 15 is 0 Å². The van der Waals surface area contributed by atoms with Crippen molar-refractivity contribution in [3.8, 4) is 0 Å². The lowest BCUT2D eigenvalue weighted by atomic mass is 10.4. The van der Waals surface area contributed by atoms with Gasteiger partial charge in [0, 0.05) is 16.0 Å². The first-order chi connectivity index (χ1) is 8.91. The van der Waals surface area contributed by atoms with Gasteiger partial charge in [0.1, 0.15) is 12.2 Å². The molecule has 2 aromatic rings. The number of hydrogen-bond donors (Lipinski definition) is 1. The topological polar surface area (TPSA) is 79.0 Å². The molecule has 0 saturated heterocycles. The zero-order valence-corrected chi connectivity index (χ0v) is 13.8. The zero-order valence-electron chi connectivity index (χ0n) is 9.84. The van der Waals surface area contributed by atoms with Gasteiger partial charge in [-0.3, -0.25) is 5.10 Å². The summed E-state index contributed by atoms with van der Waals surface area (Å²) in [6.07, 6.45) is 1.34. The SMILES string of the molecule is CN(Cc1ncn[nH]1)S(=O)(=O)c1cc(Br)ccc1Br. The van der Waals surface area contributed by atoms with E-state index in [1.54, 1.807) is 18.2 Å². The number of H-pyrrole nitrogens is 1. The Kier molecular flexibility index (Phi) is 4.39. The summed E-state index contributed by atoms with van der Waals surface area (Å²) in [5, 5.41) is 6.32. The van der Waals surface area contributed by atoms with Crippen LogP contribution in [0.4, 0.5) is 0 Å². The molecule has 0 aliphatic carbocycles. The van der Waals surface area contributed by atoms with Crippen LogP contribution in [0.5, 0.6) is 0 Å². The van der Waals surface area contributed by atoms with Crippen LogP contribution in [0.3, 0.4) is 0 Å². The third-order valence-electron chi connectivity index (χ3n) is 2.42. The van der Waals surface area contributed by atoms with Crippen molar-refractivity contribution in [3.05, 3.63) is 39.3 Å². The van der Waals surface area contributed by atoms with E-state index in [-0.39, 0.29) is 11.4 Å². The molecule has 9 heteroatoms. The Morgan fingerprint density at radius 2 is 2.11 bits per heavy atom. The summed E-state index contributed by atoms with van der Waals surface area (Å²) in [5.41, 5.74) is 0. The van der Waals surface area contributed by atoms with Crippen LogP contribution in [0, 0.1) is 0 Å². The molecule has 0 saturated carbocycles.